The van der Waals surface area contributed by atoms with Crippen molar-refractivity contribution in [3.63, 3.8) is 0 Å². The Balaban J connectivity index is 1.85. The Hall–Kier alpha value is -1.81. The fourth-order valence-electron chi connectivity index (χ4n) is 2.12. The number of hydrogen-bond donors (Lipinski definition) is 2. The summed E-state index contributed by atoms with van der Waals surface area (Å²) in [6.45, 7) is 1.99. The zero-order chi connectivity index (χ0) is 15.2. The minimum Gasteiger partial charge on any atom is -0.399 e. The molecule has 0 saturated carbocycles. The van der Waals surface area contributed by atoms with Gasteiger partial charge in [0.15, 0.2) is 0 Å². The molecule has 110 valence electrons. The van der Waals surface area contributed by atoms with Gasteiger partial charge in [-0.1, -0.05) is 40.2 Å². The molecule has 0 unspecified atom stereocenters. The molecule has 0 aliphatic carbocycles. The molecule has 21 heavy (non-hydrogen) atoms. The Labute approximate surface area is 133 Å². The number of aryl methyl sites for hydroxylation is 1. The third-order valence-corrected chi connectivity index (χ3v) is 3.84. The summed E-state index contributed by atoms with van der Waals surface area (Å²) in [7, 11) is 0. The topological polar surface area (TPSA) is 55.1 Å². The van der Waals surface area contributed by atoms with Crippen molar-refractivity contribution < 1.29 is 4.79 Å². The molecule has 0 fully saturated rings. The third-order valence-electron chi connectivity index (χ3n) is 3.35. The largest absolute Gasteiger partial charge is 0.399 e. The Morgan fingerprint density at radius 3 is 2.62 bits per heavy atom. The van der Waals surface area contributed by atoms with Crippen LogP contribution in [0.25, 0.3) is 0 Å². The highest BCUT2D eigenvalue weighted by molar-refractivity contribution is 9.10. The van der Waals surface area contributed by atoms with E-state index >= 15 is 0 Å². The van der Waals surface area contributed by atoms with Crippen LogP contribution >= 0.6 is 15.9 Å². The summed E-state index contributed by atoms with van der Waals surface area (Å²) in [6.07, 6.45) is 1.19. The molecule has 2 rings (SSSR count). The van der Waals surface area contributed by atoms with E-state index in [1.807, 2.05) is 55.5 Å². The molecule has 0 saturated heterocycles. The summed E-state index contributed by atoms with van der Waals surface area (Å²) in [5.74, 6) is 0.0549. The maximum absolute atomic E-state index is 12.0. The van der Waals surface area contributed by atoms with E-state index in [9.17, 15) is 4.79 Å². The second-order valence-electron chi connectivity index (χ2n) is 5.09. The molecule has 0 aliphatic heterocycles. The second-order valence-corrected chi connectivity index (χ2v) is 6.00. The Bertz CT molecular complexity index is 610. The summed E-state index contributed by atoms with van der Waals surface area (Å²) in [4.78, 5) is 12.0. The van der Waals surface area contributed by atoms with E-state index in [0.29, 0.717) is 6.42 Å². The normalized spacial score (nSPS) is 11.9. The first-order valence-corrected chi connectivity index (χ1v) is 7.73. The zero-order valence-corrected chi connectivity index (χ0v) is 13.6. The zero-order valence-electron chi connectivity index (χ0n) is 12.0. The number of halogens is 1. The number of carbonyl (C=O) groups is 1. The van der Waals surface area contributed by atoms with Crippen LogP contribution in [0.15, 0.2) is 53.0 Å². The van der Waals surface area contributed by atoms with E-state index < -0.39 is 0 Å². The van der Waals surface area contributed by atoms with Crippen LogP contribution in [0.2, 0.25) is 0 Å². The third kappa shape index (κ3) is 4.90. The number of nitrogens with two attached hydrogens (primary N) is 1. The van der Waals surface area contributed by atoms with Crippen LogP contribution in [0.5, 0.6) is 0 Å². The predicted octanol–water partition coefficient (Wildman–Crippen LogP) is 3.84. The van der Waals surface area contributed by atoms with E-state index in [2.05, 4.69) is 21.2 Å². The lowest BCUT2D eigenvalue weighted by Crippen LogP contribution is -2.26. The van der Waals surface area contributed by atoms with E-state index in [0.717, 1.165) is 27.7 Å². The van der Waals surface area contributed by atoms with Gasteiger partial charge in [0.2, 0.25) is 5.91 Å². The van der Waals surface area contributed by atoms with Crippen molar-refractivity contribution >= 4 is 27.5 Å². The summed E-state index contributed by atoms with van der Waals surface area (Å²) in [5, 5.41) is 3.02. The number of nitrogen functional groups attached to an aromatic ring is 1. The van der Waals surface area contributed by atoms with Gasteiger partial charge in [0, 0.05) is 16.6 Å². The Morgan fingerprint density at radius 2 is 1.95 bits per heavy atom. The van der Waals surface area contributed by atoms with Crippen LogP contribution in [0.1, 0.15) is 30.5 Å². The van der Waals surface area contributed by atoms with Crippen molar-refractivity contribution in [2.75, 3.05) is 5.73 Å². The van der Waals surface area contributed by atoms with Gasteiger partial charge in [0.05, 0.1) is 6.04 Å². The van der Waals surface area contributed by atoms with Crippen LogP contribution in [0.3, 0.4) is 0 Å². The van der Waals surface area contributed by atoms with Gasteiger partial charge >= 0.3 is 0 Å². The molecule has 3 N–H and O–H groups in total. The Kier molecular flexibility index (Phi) is 5.39. The van der Waals surface area contributed by atoms with E-state index in [1.54, 1.807) is 0 Å². The molecule has 2 aromatic carbocycles. The van der Waals surface area contributed by atoms with Gasteiger partial charge < -0.3 is 11.1 Å². The van der Waals surface area contributed by atoms with Crippen molar-refractivity contribution in [1.29, 1.82) is 0 Å². The summed E-state index contributed by atoms with van der Waals surface area (Å²) < 4.78 is 1.02. The smallest absolute Gasteiger partial charge is 0.220 e. The maximum Gasteiger partial charge on any atom is 0.220 e. The Morgan fingerprint density at radius 1 is 1.24 bits per heavy atom. The first-order valence-electron chi connectivity index (χ1n) is 6.94. The average Bonchev–Trinajstić information content (AvgIpc) is 2.46. The fourth-order valence-corrected chi connectivity index (χ4v) is 2.53. The monoisotopic (exact) mass is 346 g/mol. The SMILES string of the molecule is C[C@H](NC(=O)CCc1ccc(N)cc1)c1cccc(Br)c1. The molecule has 2 aromatic rings. The van der Waals surface area contributed by atoms with Gasteiger partial charge in [-0.05, 0) is 48.7 Å². The quantitative estimate of drug-likeness (QED) is 0.808. The number of amides is 1. The first kappa shape index (κ1) is 15.6. The predicted molar refractivity (Wildman–Crippen MR) is 89.9 cm³/mol. The molecule has 0 aliphatic rings. The number of hydrogen-bond acceptors (Lipinski definition) is 2. The number of carbonyl (C=O) groups excluding carboxylic acids is 1. The molecule has 1 atom stereocenters. The lowest BCUT2D eigenvalue weighted by atomic mass is 10.1. The summed E-state index contributed by atoms with van der Waals surface area (Å²) in [5.41, 5.74) is 8.59. The fraction of sp³-hybridized carbons (Fsp3) is 0.235. The lowest BCUT2D eigenvalue weighted by Gasteiger charge is -2.14. The molecule has 0 aromatic heterocycles. The number of anilines is 1. The first-order chi connectivity index (χ1) is 10.0. The molecular weight excluding hydrogens is 328 g/mol. The molecule has 1 amide bonds. The van der Waals surface area contributed by atoms with Gasteiger partial charge in [-0.25, -0.2) is 0 Å². The van der Waals surface area contributed by atoms with Crippen molar-refractivity contribution in [2.24, 2.45) is 0 Å². The van der Waals surface area contributed by atoms with E-state index in [4.69, 9.17) is 5.73 Å². The lowest BCUT2D eigenvalue weighted by molar-refractivity contribution is -0.121. The maximum atomic E-state index is 12.0. The molecule has 0 radical (unpaired) electrons. The number of rotatable bonds is 5. The standard InChI is InChI=1S/C17H19BrN2O/c1-12(14-3-2-4-15(18)11-14)20-17(21)10-7-13-5-8-16(19)9-6-13/h2-6,8-9,11-12H,7,10,19H2,1H3,(H,20,21)/t12-/m0/s1. The molecule has 0 bridgehead atoms. The molecule has 3 nitrogen and oxygen atoms in total. The molecule has 4 heteroatoms. The summed E-state index contributed by atoms with van der Waals surface area (Å²) in [6, 6.07) is 15.6. The molecule has 0 spiro atoms. The molecule has 0 heterocycles. The van der Waals surface area contributed by atoms with Crippen LogP contribution < -0.4 is 11.1 Å². The van der Waals surface area contributed by atoms with Crippen molar-refractivity contribution in [1.82, 2.24) is 5.32 Å². The highest BCUT2D eigenvalue weighted by Crippen LogP contribution is 2.18. The number of benzene rings is 2. The van der Waals surface area contributed by atoms with E-state index in [1.165, 1.54) is 0 Å². The van der Waals surface area contributed by atoms with Crippen molar-refractivity contribution in [3.05, 3.63) is 64.1 Å². The second kappa shape index (κ2) is 7.27. The van der Waals surface area contributed by atoms with Crippen LogP contribution in [-0.2, 0) is 11.2 Å². The minimum absolute atomic E-state index is 0.00131. The highest BCUT2D eigenvalue weighted by atomic mass is 79.9. The van der Waals surface area contributed by atoms with Crippen molar-refractivity contribution in [2.45, 2.75) is 25.8 Å². The number of nitrogens with one attached hydrogen (secondary N) is 1. The summed E-state index contributed by atoms with van der Waals surface area (Å²) >= 11 is 3.44. The van der Waals surface area contributed by atoms with Gasteiger partial charge in [-0.3, -0.25) is 4.79 Å². The minimum atomic E-state index is 0.00131. The molecular formula is C17H19BrN2O. The van der Waals surface area contributed by atoms with Gasteiger partial charge in [0.25, 0.3) is 0 Å². The highest BCUT2D eigenvalue weighted by Gasteiger charge is 2.09. The van der Waals surface area contributed by atoms with Gasteiger partial charge in [0.1, 0.15) is 0 Å². The van der Waals surface area contributed by atoms with E-state index in [-0.39, 0.29) is 11.9 Å². The van der Waals surface area contributed by atoms with Crippen molar-refractivity contribution in [3.8, 4) is 0 Å². The van der Waals surface area contributed by atoms with Gasteiger partial charge in [-0.2, -0.15) is 0 Å². The van der Waals surface area contributed by atoms with Gasteiger partial charge in [-0.15, -0.1) is 0 Å². The van der Waals surface area contributed by atoms with Crippen LogP contribution in [0.4, 0.5) is 5.69 Å². The average molecular weight is 347 g/mol. The van der Waals surface area contributed by atoms with Crippen LogP contribution in [-0.4, -0.2) is 5.91 Å². The van der Waals surface area contributed by atoms with Crippen LogP contribution in [0, 0.1) is 0 Å².